The lowest BCUT2D eigenvalue weighted by molar-refractivity contribution is -0.384. The molecule has 0 bridgehead atoms. The zero-order chi connectivity index (χ0) is 20.6. The minimum atomic E-state index is -0.358. The Balaban J connectivity index is 1.89. The number of ether oxygens (including phenoxy) is 2. The smallest absolute Gasteiger partial charge is 0.269 e. The maximum atomic E-state index is 11.0. The van der Waals surface area contributed by atoms with E-state index in [0.717, 1.165) is 68.2 Å². The van der Waals surface area contributed by atoms with Gasteiger partial charge in [0.25, 0.3) is 5.69 Å². The molecule has 0 amide bonds. The Morgan fingerprint density at radius 1 is 1.07 bits per heavy atom. The van der Waals surface area contributed by atoms with E-state index in [0.29, 0.717) is 0 Å². The van der Waals surface area contributed by atoms with Crippen LogP contribution in [0.4, 0.5) is 11.4 Å². The molecule has 29 heavy (non-hydrogen) atoms. The topological polar surface area (TPSA) is 76.9 Å². The second kappa shape index (κ2) is 10.1. The summed E-state index contributed by atoms with van der Waals surface area (Å²) in [5.41, 5.74) is 2.29. The molecule has 0 saturated carbocycles. The molecule has 0 radical (unpaired) electrons. The van der Waals surface area contributed by atoms with Crippen LogP contribution in [0.1, 0.15) is 30.7 Å². The van der Waals surface area contributed by atoms with E-state index in [1.54, 1.807) is 26.4 Å². The number of anilines is 1. The molecule has 156 valence electrons. The molecule has 0 spiro atoms. The third kappa shape index (κ3) is 5.38. The molecule has 1 unspecified atom stereocenters. The predicted molar refractivity (Wildman–Crippen MR) is 114 cm³/mol. The number of nitrogens with one attached hydrogen (secondary N) is 1. The molecule has 2 aromatic carbocycles. The van der Waals surface area contributed by atoms with Gasteiger partial charge in [0.2, 0.25) is 0 Å². The Kier molecular flexibility index (Phi) is 7.30. The molecule has 1 aliphatic heterocycles. The van der Waals surface area contributed by atoms with Crippen molar-refractivity contribution in [2.75, 3.05) is 45.3 Å². The van der Waals surface area contributed by atoms with E-state index >= 15 is 0 Å². The number of rotatable bonds is 5. The van der Waals surface area contributed by atoms with Crippen LogP contribution in [-0.2, 0) is 0 Å². The van der Waals surface area contributed by atoms with Crippen molar-refractivity contribution in [3.05, 3.63) is 58.1 Å². The van der Waals surface area contributed by atoms with Gasteiger partial charge in [-0.3, -0.25) is 10.1 Å². The standard InChI is InChI=1S/C22H29N3O4/c1-28-20-9-10-21(22(15-20)29-2)17-11-13-23-12-3-4-14-24(16-17)18-5-7-19(8-6-18)25(26)27/h5-10,15,17,23H,3-4,11-14,16H2,1-2H3. The molecule has 1 aliphatic rings. The highest BCUT2D eigenvalue weighted by Gasteiger charge is 2.22. The number of methoxy groups -OCH3 is 2. The molecule has 0 aliphatic carbocycles. The van der Waals surface area contributed by atoms with E-state index in [-0.39, 0.29) is 16.5 Å². The fraction of sp³-hybridized carbons (Fsp3) is 0.455. The van der Waals surface area contributed by atoms with Crippen LogP contribution in [0.25, 0.3) is 0 Å². The normalized spacial score (nSPS) is 18.1. The van der Waals surface area contributed by atoms with Crippen molar-refractivity contribution in [1.29, 1.82) is 0 Å². The number of non-ortho nitro benzene ring substituents is 1. The fourth-order valence-corrected chi connectivity index (χ4v) is 3.83. The third-order valence-electron chi connectivity index (χ3n) is 5.45. The third-order valence-corrected chi connectivity index (χ3v) is 5.45. The molecule has 3 rings (SSSR count). The first-order valence-corrected chi connectivity index (χ1v) is 10.0. The van der Waals surface area contributed by atoms with Crippen LogP contribution in [0.15, 0.2) is 42.5 Å². The van der Waals surface area contributed by atoms with Gasteiger partial charge in [-0.15, -0.1) is 0 Å². The zero-order valence-electron chi connectivity index (χ0n) is 17.1. The van der Waals surface area contributed by atoms with Gasteiger partial charge in [-0.1, -0.05) is 6.07 Å². The maximum Gasteiger partial charge on any atom is 0.269 e. The van der Waals surface area contributed by atoms with Crippen molar-refractivity contribution in [3.8, 4) is 11.5 Å². The van der Waals surface area contributed by atoms with Crippen LogP contribution in [0.5, 0.6) is 11.5 Å². The van der Waals surface area contributed by atoms with Crippen molar-refractivity contribution in [1.82, 2.24) is 5.32 Å². The molecule has 7 heteroatoms. The molecular formula is C22H29N3O4. The van der Waals surface area contributed by atoms with Gasteiger partial charge in [0.1, 0.15) is 11.5 Å². The van der Waals surface area contributed by atoms with E-state index in [1.165, 1.54) is 0 Å². The molecule has 1 atom stereocenters. The quantitative estimate of drug-likeness (QED) is 0.605. The SMILES string of the molecule is COc1ccc(C2CCNCCCCN(c3ccc([N+](=O)[O-])cc3)C2)c(OC)c1. The molecule has 1 N–H and O–H groups in total. The van der Waals surface area contributed by atoms with E-state index < -0.39 is 0 Å². The van der Waals surface area contributed by atoms with Gasteiger partial charge in [0.05, 0.1) is 19.1 Å². The largest absolute Gasteiger partial charge is 0.497 e. The van der Waals surface area contributed by atoms with Crippen molar-refractivity contribution in [2.24, 2.45) is 0 Å². The predicted octanol–water partition coefficient (Wildman–Crippen LogP) is 3.98. The Morgan fingerprint density at radius 2 is 1.86 bits per heavy atom. The summed E-state index contributed by atoms with van der Waals surface area (Å²) in [5, 5.41) is 14.5. The lowest BCUT2D eigenvalue weighted by Gasteiger charge is -2.31. The number of benzene rings is 2. The van der Waals surface area contributed by atoms with E-state index in [2.05, 4.69) is 16.3 Å². The lowest BCUT2D eigenvalue weighted by Crippen LogP contribution is -2.33. The molecule has 0 aromatic heterocycles. The molecule has 1 saturated heterocycles. The second-order valence-corrected chi connectivity index (χ2v) is 7.27. The highest BCUT2D eigenvalue weighted by molar-refractivity contribution is 5.52. The van der Waals surface area contributed by atoms with Gasteiger partial charge in [0.15, 0.2) is 0 Å². The molecule has 1 fully saturated rings. The molecular weight excluding hydrogens is 370 g/mol. The summed E-state index contributed by atoms with van der Waals surface area (Å²) in [5.74, 6) is 1.86. The van der Waals surface area contributed by atoms with Crippen molar-refractivity contribution in [3.63, 3.8) is 0 Å². The Bertz CT molecular complexity index is 810. The fourth-order valence-electron chi connectivity index (χ4n) is 3.83. The molecule has 7 nitrogen and oxygen atoms in total. The van der Waals surface area contributed by atoms with Crippen LogP contribution in [0.2, 0.25) is 0 Å². The summed E-state index contributed by atoms with van der Waals surface area (Å²) in [6.45, 7) is 3.67. The number of hydrogen-bond donors (Lipinski definition) is 1. The van der Waals surface area contributed by atoms with Gasteiger partial charge >= 0.3 is 0 Å². The van der Waals surface area contributed by atoms with Gasteiger partial charge < -0.3 is 19.7 Å². The van der Waals surface area contributed by atoms with E-state index in [1.807, 2.05) is 24.3 Å². The second-order valence-electron chi connectivity index (χ2n) is 7.27. The zero-order valence-corrected chi connectivity index (χ0v) is 17.1. The molecule has 2 aromatic rings. The van der Waals surface area contributed by atoms with Gasteiger partial charge in [-0.25, -0.2) is 0 Å². The highest BCUT2D eigenvalue weighted by atomic mass is 16.6. The number of nitro groups is 1. The van der Waals surface area contributed by atoms with Crippen molar-refractivity contribution >= 4 is 11.4 Å². The van der Waals surface area contributed by atoms with E-state index in [4.69, 9.17) is 9.47 Å². The van der Waals surface area contributed by atoms with Crippen LogP contribution in [0.3, 0.4) is 0 Å². The summed E-state index contributed by atoms with van der Waals surface area (Å²) in [4.78, 5) is 13.0. The summed E-state index contributed by atoms with van der Waals surface area (Å²) in [7, 11) is 3.34. The summed E-state index contributed by atoms with van der Waals surface area (Å²) in [6, 6.07) is 12.9. The Morgan fingerprint density at radius 3 is 2.55 bits per heavy atom. The van der Waals surface area contributed by atoms with E-state index in [9.17, 15) is 10.1 Å². The van der Waals surface area contributed by atoms with Gasteiger partial charge in [-0.2, -0.15) is 0 Å². The Hall–Kier alpha value is -2.80. The number of nitro benzene ring substituents is 1. The van der Waals surface area contributed by atoms with Crippen LogP contribution in [-0.4, -0.2) is 45.3 Å². The Labute approximate surface area is 171 Å². The monoisotopic (exact) mass is 399 g/mol. The van der Waals surface area contributed by atoms with Crippen molar-refractivity contribution in [2.45, 2.75) is 25.2 Å². The lowest BCUT2D eigenvalue weighted by atomic mass is 9.93. The maximum absolute atomic E-state index is 11.0. The van der Waals surface area contributed by atoms with Crippen LogP contribution in [0, 0.1) is 10.1 Å². The molecule has 1 heterocycles. The highest BCUT2D eigenvalue weighted by Crippen LogP contribution is 2.34. The first-order chi connectivity index (χ1) is 14.1. The van der Waals surface area contributed by atoms with Gasteiger partial charge in [0, 0.05) is 42.9 Å². The van der Waals surface area contributed by atoms with Crippen molar-refractivity contribution < 1.29 is 14.4 Å². The number of nitrogens with zero attached hydrogens (tertiary/aromatic N) is 2. The van der Waals surface area contributed by atoms with Gasteiger partial charge in [-0.05, 0) is 56.1 Å². The summed E-state index contributed by atoms with van der Waals surface area (Å²) in [6.07, 6.45) is 3.16. The first kappa shape index (κ1) is 20.9. The minimum absolute atomic E-state index is 0.118. The number of hydrogen-bond acceptors (Lipinski definition) is 6. The average molecular weight is 399 g/mol. The summed E-state index contributed by atoms with van der Waals surface area (Å²) >= 11 is 0. The average Bonchev–Trinajstić information content (AvgIpc) is 2.76. The summed E-state index contributed by atoms with van der Waals surface area (Å²) < 4.78 is 11.0. The van der Waals surface area contributed by atoms with Crippen LogP contribution < -0.4 is 19.7 Å². The minimum Gasteiger partial charge on any atom is -0.497 e. The van der Waals surface area contributed by atoms with Crippen LogP contribution >= 0.6 is 0 Å². The first-order valence-electron chi connectivity index (χ1n) is 10.0.